The van der Waals surface area contributed by atoms with Crippen LogP contribution in [0.2, 0.25) is 0 Å². The molecule has 0 unspecified atom stereocenters. The summed E-state index contributed by atoms with van der Waals surface area (Å²) in [5.41, 5.74) is 3.43. The van der Waals surface area contributed by atoms with E-state index in [-0.39, 0.29) is 0 Å². The van der Waals surface area contributed by atoms with Crippen LogP contribution in [-0.4, -0.2) is 9.55 Å². The maximum absolute atomic E-state index is 4.22. The Morgan fingerprint density at radius 3 is 2.81 bits per heavy atom. The van der Waals surface area contributed by atoms with E-state index in [0.717, 1.165) is 11.4 Å². The summed E-state index contributed by atoms with van der Waals surface area (Å²) >= 11 is 0. The highest BCUT2D eigenvalue weighted by atomic mass is 15.0. The van der Waals surface area contributed by atoms with E-state index in [2.05, 4.69) is 52.1 Å². The third kappa shape index (κ3) is 1.39. The molecular weight excluding hydrogens is 196 g/mol. The summed E-state index contributed by atoms with van der Waals surface area (Å²) in [7, 11) is 0. The number of fused-ring (bicyclic) bond motifs is 1. The average molecular weight is 208 g/mol. The van der Waals surface area contributed by atoms with Gasteiger partial charge in [-0.2, -0.15) is 0 Å². The molecule has 3 rings (SSSR count). The summed E-state index contributed by atoms with van der Waals surface area (Å²) in [6, 6.07) is 14.6. The van der Waals surface area contributed by atoms with Gasteiger partial charge in [0.25, 0.3) is 0 Å². The molecule has 0 atom stereocenters. The fourth-order valence-electron chi connectivity index (χ4n) is 1.99. The first-order valence-electron chi connectivity index (χ1n) is 5.34. The Morgan fingerprint density at radius 2 is 1.94 bits per heavy atom. The molecule has 0 spiro atoms. The normalized spacial score (nSPS) is 10.8. The van der Waals surface area contributed by atoms with Crippen molar-refractivity contribution in [2.24, 2.45) is 0 Å². The van der Waals surface area contributed by atoms with Crippen molar-refractivity contribution in [3.8, 4) is 5.69 Å². The summed E-state index contributed by atoms with van der Waals surface area (Å²) in [6.07, 6.45) is 3.94. The highest BCUT2D eigenvalue weighted by Crippen LogP contribution is 2.19. The van der Waals surface area contributed by atoms with E-state index in [1.165, 1.54) is 10.9 Å². The zero-order chi connectivity index (χ0) is 11.0. The van der Waals surface area contributed by atoms with Crippen LogP contribution in [0.25, 0.3) is 16.6 Å². The Morgan fingerprint density at radius 1 is 1.06 bits per heavy atom. The van der Waals surface area contributed by atoms with Crippen LogP contribution in [0, 0.1) is 6.92 Å². The van der Waals surface area contributed by atoms with Crippen molar-refractivity contribution >= 4 is 10.9 Å². The van der Waals surface area contributed by atoms with Crippen LogP contribution in [0.3, 0.4) is 0 Å². The molecule has 3 aromatic rings. The molecule has 0 radical (unpaired) electrons. The lowest BCUT2D eigenvalue weighted by atomic mass is 10.2. The van der Waals surface area contributed by atoms with E-state index in [0.29, 0.717) is 0 Å². The third-order valence-corrected chi connectivity index (χ3v) is 2.76. The molecule has 0 fully saturated rings. The predicted molar refractivity (Wildman–Crippen MR) is 65.8 cm³/mol. The topological polar surface area (TPSA) is 17.8 Å². The summed E-state index contributed by atoms with van der Waals surface area (Å²) < 4.78 is 2.18. The number of aryl methyl sites for hydroxylation is 1. The molecule has 2 nitrogen and oxygen atoms in total. The highest BCUT2D eigenvalue weighted by molar-refractivity contribution is 5.81. The number of benzene rings is 1. The second-order valence-electron chi connectivity index (χ2n) is 3.90. The van der Waals surface area contributed by atoms with Gasteiger partial charge in [0.15, 0.2) is 0 Å². The highest BCUT2D eigenvalue weighted by Gasteiger charge is 2.01. The maximum atomic E-state index is 4.22. The first-order chi connectivity index (χ1) is 7.84. The van der Waals surface area contributed by atoms with Gasteiger partial charge in [-0.25, -0.2) is 0 Å². The van der Waals surface area contributed by atoms with Crippen LogP contribution in [0.5, 0.6) is 0 Å². The first kappa shape index (κ1) is 9.16. The molecule has 1 aromatic carbocycles. The van der Waals surface area contributed by atoms with E-state index in [9.17, 15) is 0 Å². The van der Waals surface area contributed by atoms with E-state index in [1.54, 1.807) is 0 Å². The van der Waals surface area contributed by atoms with Crippen molar-refractivity contribution in [1.29, 1.82) is 0 Å². The monoisotopic (exact) mass is 208 g/mol. The molecule has 78 valence electrons. The van der Waals surface area contributed by atoms with Crippen LogP contribution in [0.4, 0.5) is 0 Å². The molecule has 0 aliphatic rings. The van der Waals surface area contributed by atoms with Crippen LogP contribution in [0.15, 0.2) is 54.9 Å². The summed E-state index contributed by atoms with van der Waals surface area (Å²) in [6.45, 7) is 2.01. The number of hydrogen-bond donors (Lipinski definition) is 0. The van der Waals surface area contributed by atoms with Crippen molar-refractivity contribution in [3.63, 3.8) is 0 Å². The molecule has 2 heteroatoms. The van der Waals surface area contributed by atoms with Gasteiger partial charge in [0.1, 0.15) is 0 Å². The number of rotatable bonds is 1. The molecular formula is C14H12N2. The summed E-state index contributed by atoms with van der Waals surface area (Å²) in [4.78, 5) is 4.22. The van der Waals surface area contributed by atoms with E-state index >= 15 is 0 Å². The number of aromatic nitrogens is 2. The number of nitrogens with zero attached hydrogens (tertiary/aromatic N) is 2. The molecule has 0 saturated heterocycles. The smallest absolute Gasteiger partial charge is 0.0528 e. The quantitative estimate of drug-likeness (QED) is 0.599. The van der Waals surface area contributed by atoms with Crippen molar-refractivity contribution in [1.82, 2.24) is 9.55 Å². The van der Waals surface area contributed by atoms with Crippen LogP contribution < -0.4 is 0 Å². The minimum atomic E-state index is 1.04. The number of para-hydroxylation sites is 1. The number of pyridine rings is 1. The van der Waals surface area contributed by atoms with Crippen LogP contribution >= 0.6 is 0 Å². The Bertz CT molecular complexity index is 638. The second kappa shape index (κ2) is 3.49. The fourth-order valence-corrected chi connectivity index (χ4v) is 1.99. The molecule has 0 aliphatic carbocycles. The molecule has 0 amide bonds. The van der Waals surface area contributed by atoms with Gasteiger partial charge in [-0.3, -0.25) is 4.98 Å². The van der Waals surface area contributed by atoms with Crippen molar-refractivity contribution in [2.45, 2.75) is 6.92 Å². The Hall–Kier alpha value is -2.09. The Labute approximate surface area is 94.2 Å². The van der Waals surface area contributed by atoms with Gasteiger partial charge >= 0.3 is 0 Å². The van der Waals surface area contributed by atoms with Gasteiger partial charge in [-0.15, -0.1) is 0 Å². The van der Waals surface area contributed by atoms with E-state index < -0.39 is 0 Å². The van der Waals surface area contributed by atoms with Gasteiger partial charge in [0.05, 0.1) is 5.52 Å². The predicted octanol–water partition coefficient (Wildman–Crippen LogP) is 3.33. The van der Waals surface area contributed by atoms with Crippen LogP contribution in [-0.2, 0) is 0 Å². The van der Waals surface area contributed by atoms with Crippen LogP contribution in [0.1, 0.15) is 5.69 Å². The summed E-state index contributed by atoms with van der Waals surface area (Å²) in [5, 5.41) is 1.26. The SMILES string of the molecule is Cc1cc(-n2ccc3ccccc32)ccn1. The molecule has 0 aliphatic heterocycles. The standard InChI is InChI=1S/C14H12N2/c1-11-10-13(6-8-15-11)16-9-7-12-4-2-3-5-14(12)16/h2-10H,1H3. The van der Waals surface area contributed by atoms with E-state index in [1.807, 2.05) is 19.2 Å². The molecule has 0 bridgehead atoms. The minimum absolute atomic E-state index is 1.04. The van der Waals surface area contributed by atoms with Crippen molar-refractivity contribution in [3.05, 3.63) is 60.6 Å². The third-order valence-electron chi connectivity index (χ3n) is 2.76. The van der Waals surface area contributed by atoms with Crippen molar-refractivity contribution in [2.75, 3.05) is 0 Å². The Kier molecular flexibility index (Phi) is 2.00. The molecule has 16 heavy (non-hydrogen) atoms. The van der Waals surface area contributed by atoms with Gasteiger partial charge in [-0.1, -0.05) is 18.2 Å². The molecule has 2 aromatic heterocycles. The van der Waals surface area contributed by atoms with E-state index in [4.69, 9.17) is 0 Å². The second-order valence-corrected chi connectivity index (χ2v) is 3.90. The maximum Gasteiger partial charge on any atom is 0.0528 e. The summed E-state index contributed by atoms with van der Waals surface area (Å²) in [5.74, 6) is 0. The van der Waals surface area contributed by atoms with Gasteiger partial charge in [-0.05, 0) is 36.6 Å². The lowest BCUT2D eigenvalue weighted by Gasteiger charge is -2.05. The first-order valence-corrected chi connectivity index (χ1v) is 5.34. The Balaban J connectivity index is 2.26. The van der Waals surface area contributed by atoms with Crippen molar-refractivity contribution < 1.29 is 0 Å². The zero-order valence-corrected chi connectivity index (χ0v) is 9.09. The fraction of sp³-hybridized carbons (Fsp3) is 0.0714. The lowest BCUT2D eigenvalue weighted by Crippen LogP contribution is -1.93. The van der Waals surface area contributed by atoms with Gasteiger partial charge < -0.3 is 4.57 Å². The van der Waals surface area contributed by atoms with Gasteiger partial charge in [0, 0.05) is 23.8 Å². The molecule has 0 N–H and O–H groups in total. The number of hydrogen-bond acceptors (Lipinski definition) is 1. The minimum Gasteiger partial charge on any atom is -0.316 e. The van der Waals surface area contributed by atoms with Gasteiger partial charge in [0.2, 0.25) is 0 Å². The lowest BCUT2D eigenvalue weighted by molar-refractivity contribution is 1.09. The largest absolute Gasteiger partial charge is 0.316 e. The zero-order valence-electron chi connectivity index (χ0n) is 9.09. The molecule has 0 saturated carbocycles. The molecule has 2 heterocycles. The average Bonchev–Trinajstić information content (AvgIpc) is 2.72.